The number of esters is 1. The van der Waals surface area contributed by atoms with Crippen molar-refractivity contribution in [1.82, 2.24) is 0 Å². The number of hydrogen-bond acceptors (Lipinski definition) is 5. The molecule has 0 saturated carbocycles. The molecule has 1 heterocycles. The van der Waals surface area contributed by atoms with E-state index in [2.05, 4.69) is 11.9 Å². The minimum atomic E-state index is -0.463. The second-order valence-electron chi connectivity index (χ2n) is 6.04. The minimum absolute atomic E-state index is 0.260. The fourth-order valence-corrected chi connectivity index (χ4v) is 2.60. The van der Waals surface area contributed by atoms with Crippen molar-refractivity contribution >= 4 is 17.9 Å². The van der Waals surface area contributed by atoms with Crippen LogP contribution in [0, 0.1) is 0 Å². The molecule has 0 spiro atoms. The summed E-state index contributed by atoms with van der Waals surface area (Å²) >= 11 is 0. The molecule has 0 atom stereocenters. The van der Waals surface area contributed by atoms with Crippen molar-refractivity contribution in [2.45, 2.75) is 26.7 Å². The summed E-state index contributed by atoms with van der Waals surface area (Å²) < 4.78 is 16.8. The van der Waals surface area contributed by atoms with E-state index in [1.165, 1.54) is 0 Å². The first-order valence-electron chi connectivity index (χ1n) is 9.19. The van der Waals surface area contributed by atoms with E-state index in [0.29, 0.717) is 30.6 Å². The van der Waals surface area contributed by atoms with E-state index in [1.807, 2.05) is 55.5 Å². The van der Waals surface area contributed by atoms with E-state index in [9.17, 15) is 4.79 Å². The van der Waals surface area contributed by atoms with E-state index >= 15 is 0 Å². The van der Waals surface area contributed by atoms with Gasteiger partial charge in [0.2, 0.25) is 5.90 Å². The lowest BCUT2D eigenvalue weighted by Gasteiger charge is -2.12. The molecule has 0 N–H and O–H groups in total. The Morgan fingerprint density at radius 3 is 2.59 bits per heavy atom. The zero-order valence-electron chi connectivity index (χ0n) is 15.6. The predicted octanol–water partition coefficient (Wildman–Crippen LogP) is 4.61. The van der Waals surface area contributed by atoms with Gasteiger partial charge in [0.1, 0.15) is 0 Å². The summed E-state index contributed by atoms with van der Waals surface area (Å²) in [6, 6.07) is 14.9. The van der Waals surface area contributed by atoms with Crippen molar-refractivity contribution in [2.75, 3.05) is 13.2 Å². The molecule has 140 valence electrons. The van der Waals surface area contributed by atoms with Crippen LogP contribution < -0.4 is 9.47 Å². The highest BCUT2D eigenvalue weighted by molar-refractivity contribution is 6.12. The monoisotopic (exact) mass is 365 g/mol. The number of benzene rings is 2. The molecule has 0 amide bonds. The van der Waals surface area contributed by atoms with E-state index in [4.69, 9.17) is 14.2 Å². The number of aliphatic imine (C=N–C) groups is 1. The average molecular weight is 365 g/mol. The Hall–Kier alpha value is -3.08. The number of hydrogen-bond donors (Lipinski definition) is 0. The Labute approximate surface area is 159 Å². The number of carbonyl (C=O) groups excluding carboxylic acids is 1. The second-order valence-corrected chi connectivity index (χ2v) is 6.04. The molecule has 0 radical (unpaired) electrons. The molecule has 0 unspecified atom stereocenters. The van der Waals surface area contributed by atoms with Crippen LogP contribution in [0.25, 0.3) is 6.08 Å². The maximum atomic E-state index is 12.2. The highest BCUT2D eigenvalue weighted by atomic mass is 16.6. The molecule has 3 rings (SSSR count). The van der Waals surface area contributed by atoms with Gasteiger partial charge in [0.25, 0.3) is 0 Å². The summed E-state index contributed by atoms with van der Waals surface area (Å²) in [4.78, 5) is 16.5. The maximum absolute atomic E-state index is 12.2. The first-order chi connectivity index (χ1) is 13.2. The number of nitrogens with zero attached hydrogens (tertiary/aromatic N) is 1. The van der Waals surface area contributed by atoms with Gasteiger partial charge in [-0.05, 0) is 49.2 Å². The van der Waals surface area contributed by atoms with Gasteiger partial charge >= 0.3 is 5.97 Å². The van der Waals surface area contributed by atoms with Crippen molar-refractivity contribution in [1.29, 1.82) is 0 Å². The van der Waals surface area contributed by atoms with E-state index in [1.54, 1.807) is 6.08 Å². The van der Waals surface area contributed by atoms with Gasteiger partial charge in [-0.1, -0.05) is 37.6 Å². The lowest BCUT2D eigenvalue weighted by Crippen LogP contribution is -2.05. The summed E-state index contributed by atoms with van der Waals surface area (Å²) in [5.41, 5.74) is 1.83. The summed E-state index contributed by atoms with van der Waals surface area (Å²) in [5.74, 6) is 1.21. The number of cyclic esters (lactones) is 1. The molecule has 27 heavy (non-hydrogen) atoms. The Morgan fingerprint density at radius 1 is 1.04 bits per heavy atom. The maximum Gasteiger partial charge on any atom is 0.363 e. The molecule has 0 bridgehead atoms. The van der Waals surface area contributed by atoms with Gasteiger partial charge in [-0.25, -0.2) is 9.79 Å². The van der Waals surface area contributed by atoms with Crippen LogP contribution in [0.15, 0.2) is 59.2 Å². The molecule has 1 aliphatic heterocycles. The summed E-state index contributed by atoms with van der Waals surface area (Å²) in [5, 5.41) is 0. The van der Waals surface area contributed by atoms with E-state index < -0.39 is 5.97 Å². The lowest BCUT2D eigenvalue weighted by atomic mass is 10.1. The molecule has 0 saturated heterocycles. The SMILES string of the molecule is CCCCOc1ccc(/C=C2/N=C(c3ccccc3)OC2=O)cc1OCC. The summed E-state index contributed by atoms with van der Waals surface area (Å²) in [6.07, 6.45) is 3.74. The van der Waals surface area contributed by atoms with Gasteiger partial charge in [0.15, 0.2) is 17.2 Å². The van der Waals surface area contributed by atoms with Crippen LogP contribution in [0.5, 0.6) is 11.5 Å². The Morgan fingerprint density at radius 2 is 1.85 bits per heavy atom. The Bertz CT molecular complexity index is 856. The van der Waals surface area contributed by atoms with Crippen LogP contribution in [0.3, 0.4) is 0 Å². The highest BCUT2D eigenvalue weighted by Crippen LogP contribution is 2.30. The minimum Gasteiger partial charge on any atom is -0.490 e. The number of carbonyl (C=O) groups is 1. The van der Waals surface area contributed by atoms with Crippen molar-refractivity contribution in [3.8, 4) is 11.5 Å². The smallest absolute Gasteiger partial charge is 0.363 e. The van der Waals surface area contributed by atoms with Crippen molar-refractivity contribution in [3.63, 3.8) is 0 Å². The van der Waals surface area contributed by atoms with Gasteiger partial charge < -0.3 is 14.2 Å². The molecule has 0 aliphatic carbocycles. The van der Waals surface area contributed by atoms with Gasteiger partial charge in [-0.15, -0.1) is 0 Å². The zero-order chi connectivity index (χ0) is 19.1. The molecular weight excluding hydrogens is 342 g/mol. The topological polar surface area (TPSA) is 57.1 Å². The zero-order valence-corrected chi connectivity index (χ0v) is 15.6. The predicted molar refractivity (Wildman–Crippen MR) is 105 cm³/mol. The third-order valence-corrected chi connectivity index (χ3v) is 3.97. The molecule has 2 aromatic carbocycles. The van der Waals surface area contributed by atoms with Crippen molar-refractivity contribution in [3.05, 3.63) is 65.4 Å². The number of ether oxygens (including phenoxy) is 3. The lowest BCUT2D eigenvalue weighted by molar-refractivity contribution is -0.129. The Kier molecular flexibility index (Phi) is 6.26. The van der Waals surface area contributed by atoms with Crippen molar-refractivity contribution in [2.24, 2.45) is 4.99 Å². The third-order valence-electron chi connectivity index (χ3n) is 3.97. The van der Waals surface area contributed by atoms with Crippen LogP contribution in [0.1, 0.15) is 37.8 Å². The molecule has 1 aliphatic rings. The second kappa shape index (κ2) is 9.03. The van der Waals surface area contributed by atoms with Crippen LogP contribution in [-0.4, -0.2) is 25.1 Å². The fourth-order valence-electron chi connectivity index (χ4n) is 2.60. The molecule has 5 heteroatoms. The standard InChI is InChI=1S/C22H23NO4/c1-3-5-13-26-19-12-11-16(15-20(19)25-4-2)14-18-22(24)27-21(23-18)17-9-7-6-8-10-17/h6-12,14-15H,3-5,13H2,1-2H3/b18-14+. The summed E-state index contributed by atoms with van der Waals surface area (Å²) in [6.45, 7) is 5.22. The highest BCUT2D eigenvalue weighted by Gasteiger charge is 2.24. The normalized spacial score (nSPS) is 14.8. The van der Waals surface area contributed by atoms with Crippen LogP contribution >= 0.6 is 0 Å². The van der Waals surface area contributed by atoms with Gasteiger partial charge in [0.05, 0.1) is 13.2 Å². The molecule has 2 aromatic rings. The number of rotatable bonds is 8. The first kappa shape index (κ1) is 18.7. The fraction of sp³-hybridized carbons (Fsp3) is 0.273. The van der Waals surface area contributed by atoms with Crippen LogP contribution in [0.2, 0.25) is 0 Å². The quantitative estimate of drug-likeness (QED) is 0.389. The molecular formula is C22H23NO4. The third kappa shape index (κ3) is 4.76. The van der Waals surface area contributed by atoms with E-state index in [0.717, 1.165) is 24.0 Å². The molecule has 0 aromatic heterocycles. The van der Waals surface area contributed by atoms with Crippen LogP contribution in [-0.2, 0) is 9.53 Å². The Balaban J connectivity index is 1.84. The first-order valence-corrected chi connectivity index (χ1v) is 9.19. The van der Waals surface area contributed by atoms with Gasteiger partial charge in [-0.3, -0.25) is 0 Å². The molecule has 0 fully saturated rings. The largest absolute Gasteiger partial charge is 0.490 e. The summed E-state index contributed by atoms with van der Waals surface area (Å²) in [7, 11) is 0. The van der Waals surface area contributed by atoms with Gasteiger partial charge in [0, 0.05) is 5.56 Å². The number of unbranched alkanes of at least 4 members (excludes halogenated alkanes) is 1. The van der Waals surface area contributed by atoms with E-state index in [-0.39, 0.29) is 5.70 Å². The van der Waals surface area contributed by atoms with Crippen LogP contribution in [0.4, 0.5) is 0 Å². The van der Waals surface area contributed by atoms with Gasteiger partial charge in [-0.2, -0.15) is 0 Å². The average Bonchev–Trinajstić information content (AvgIpc) is 3.05. The van der Waals surface area contributed by atoms with Crippen molar-refractivity contribution < 1.29 is 19.0 Å². The molecule has 5 nitrogen and oxygen atoms in total.